The first kappa shape index (κ1) is 30.5. The van der Waals surface area contributed by atoms with Crippen molar-refractivity contribution in [1.29, 1.82) is 0 Å². The Morgan fingerprint density at radius 2 is 0.875 bits per heavy atom. The van der Waals surface area contributed by atoms with Crippen molar-refractivity contribution in [3.05, 3.63) is 155 Å². The molecule has 6 nitrogen and oxygen atoms in total. The van der Waals surface area contributed by atoms with Crippen LogP contribution in [0.3, 0.4) is 0 Å². The third kappa shape index (κ3) is 6.04. The second kappa shape index (κ2) is 12.6. The fourth-order valence-electron chi connectivity index (χ4n) is 5.87. The molecule has 0 atom stereocenters. The molecule has 2 heterocycles. The molecule has 2 N–H and O–H groups in total. The first-order chi connectivity index (χ1) is 23.2. The van der Waals surface area contributed by atoms with Crippen LogP contribution in [0.4, 0.5) is 11.4 Å². The van der Waals surface area contributed by atoms with Gasteiger partial charge in [-0.3, -0.25) is 9.59 Å². The Kier molecular flexibility index (Phi) is 7.99. The summed E-state index contributed by atoms with van der Waals surface area (Å²) in [6, 6.07) is 38.7. The van der Waals surface area contributed by atoms with Crippen molar-refractivity contribution in [2.75, 3.05) is 10.6 Å². The first-order valence-corrected chi connectivity index (χ1v) is 15.9. The predicted molar refractivity (Wildman–Crippen MR) is 196 cm³/mol. The third-order valence-corrected chi connectivity index (χ3v) is 8.90. The smallest absolute Gasteiger partial charge is 0.256 e. The Labute approximate surface area is 279 Å². The number of nitrogens with one attached hydrogen (secondary N) is 2. The van der Waals surface area contributed by atoms with Gasteiger partial charge in [-0.2, -0.15) is 0 Å². The first-order valence-electron chi connectivity index (χ1n) is 15.9. The molecule has 7 aromatic rings. The predicted octanol–water partition coefficient (Wildman–Crippen LogP) is 9.86. The van der Waals surface area contributed by atoms with Gasteiger partial charge in [0.25, 0.3) is 11.8 Å². The molecule has 48 heavy (non-hydrogen) atoms. The summed E-state index contributed by atoms with van der Waals surface area (Å²) in [5.74, 6) is -0.533. The molecular formula is C42H34N4O2. The number of amides is 2. The van der Waals surface area contributed by atoms with Crippen molar-refractivity contribution in [2.24, 2.45) is 0 Å². The molecule has 0 aliphatic heterocycles. The summed E-state index contributed by atoms with van der Waals surface area (Å²) in [6.07, 6.45) is 0. The second-order valence-electron chi connectivity index (χ2n) is 12.2. The lowest BCUT2D eigenvalue weighted by atomic mass is 9.98. The van der Waals surface area contributed by atoms with Crippen LogP contribution in [0.15, 0.2) is 121 Å². The molecule has 234 valence electrons. The zero-order valence-electron chi connectivity index (χ0n) is 27.3. The number of hydrogen-bond donors (Lipinski definition) is 2. The van der Waals surface area contributed by atoms with Crippen molar-refractivity contribution < 1.29 is 9.59 Å². The Bertz CT molecular complexity index is 2200. The van der Waals surface area contributed by atoms with Gasteiger partial charge in [0.05, 0.1) is 33.5 Å². The lowest BCUT2D eigenvalue weighted by molar-refractivity contribution is 0.102. The molecule has 0 radical (unpaired) electrons. The lowest BCUT2D eigenvalue weighted by Gasteiger charge is -2.15. The van der Waals surface area contributed by atoms with E-state index in [1.54, 1.807) is 0 Å². The Morgan fingerprint density at radius 3 is 1.27 bits per heavy atom. The fraction of sp³-hybridized carbons (Fsp3) is 0.0952. The van der Waals surface area contributed by atoms with E-state index in [-0.39, 0.29) is 11.8 Å². The average molecular weight is 627 g/mol. The number of anilines is 2. The summed E-state index contributed by atoms with van der Waals surface area (Å²) in [5, 5.41) is 7.43. The summed E-state index contributed by atoms with van der Waals surface area (Å²) < 4.78 is 0. The van der Waals surface area contributed by atoms with Gasteiger partial charge in [0.2, 0.25) is 0 Å². The fourth-order valence-corrected chi connectivity index (χ4v) is 5.87. The van der Waals surface area contributed by atoms with Crippen LogP contribution < -0.4 is 10.6 Å². The van der Waals surface area contributed by atoms with Crippen LogP contribution >= 0.6 is 0 Å². The van der Waals surface area contributed by atoms with Crippen LogP contribution in [0.5, 0.6) is 0 Å². The number of nitrogens with zero attached hydrogens (tertiary/aromatic N) is 2. The van der Waals surface area contributed by atoms with Crippen molar-refractivity contribution in [3.8, 4) is 22.5 Å². The van der Waals surface area contributed by atoms with Gasteiger partial charge in [0.15, 0.2) is 0 Å². The zero-order valence-corrected chi connectivity index (χ0v) is 27.3. The molecule has 0 saturated carbocycles. The van der Waals surface area contributed by atoms with Gasteiger partial charge in [-0.15, -0.1) is 0 Å². The highest BCUT2D eigenvalue weighted by atomic mass is 16.2. The monoisotopic (exact) mass is 626 g/mol. The molecule has 0 saturated heterocycles. The van der Waals surface area contributed by atoms with Crippen molar-refractivity contribution in [2.45, 2.75) is 27.7 Å². The molecule has 0 aliphatic rings. The minimum atomic E-state index is -0.266. The van der Waals surface area contributed by atoms with E-state index in [1.807, 2.05) is 149 Å². The molecular weight excluding hydrogens is 592 g/mol. The van der Waals surface area contributed by atoms with Crippen LogP contribution in [-0.4, -0.2) is 21.8 Å². The van der Waals surface area contributed by atoms with Gasteiger partial charge >= 0.3 is 0 Å². The van der Waals surface area contributed by atoms with Gasteiger partial charge in [-0.25, -0.2) is 9.97 Å². The standard InChI is InChI=1S/C42H34N4O2/c1-25-15-17-31(19-27(25)3)43-41(47)35-22-37(29-11-7-5-8-12-29)45-39-24-40-34(21-33(35)39)36(23-38(46-40)30-13-9-6-10-14-30)42(48)44-32-18-16-26(2)28(4)20-32/h5-24H,1-4H3,(H,43,47)(H,44,48). The van der Waals surface area contributed by atoms with E-state index >= 15 is 0 Å². The molecule has 0 bridgehead atoms. The van der Waals surface area contributed by atoms with Crippen LogP contribution in [0.25, 0.3) is 44.3 Å². The van der Waals surface area contributed by atoms with E-state index in [9.17, 15) is 9.59 Å². The van der Waals surface area contributed by atoms with Crippen LogP contribution in [0, 0.1) is 27.7 Å². The molecule has 0 fully saturated rings. The molecule has 2 amide bonds. The summed E-state index contributed by atoms with van der Waals surface area (Å²) >= 11 is 0. The Balaban J connectivity index is 1.44. The van der Waals surface area contributed by atoms with E-state index < -0.39 is 0 Å². The van der Waals surface area contributed by atoms with Crippen molar-refractivity contribution in [1.82, 2.24) is 9.97 Å². The Morgan fingerprint density at radius 1 is 0.458 bits per heavy atom. The largest absolute Gasteiger partial charge is 0.322 e. The molecule has 6 heteroatoms. The molecule has 0 aliphatic carbocycles. The average Bonchev–Trinajstić information content (AvgIpc) is 3.10. The van der Waals surface area contributed by atoms with Crippen molar-refractivity contribution in [3.63, 3.8) is 0 Å². The highest BCUT2D eigenvalue weighted by molar-refractivity contribution is 6.18. The number of fused-ring (bicyclic) bond motifs is 2. The van der Waals surface area contributed by atoms with E-state index in [1.165, 1.54) is 0 Å². The number of pyridine rings is 2. The van der Waals surface area contributed by atoms with Gasteiger partial charge in [-0.1, -0.05) is 72.8 Å². The third-order valence-electron chi connectivity index (χ3n) is 8.90. The minimum Gasteiger partial charge on any atom is -0.322 e. The normalized spacial score (nSPS) is 11.1. The number of hydrogen-bond acceptors (Lipinski definition) is 4. The van der Waals surface area contributed by atoms with Gasteiger partial charge in [0, 0.05) is 33.3 Å². The number of carbonyl (C=O) groups is 2. The second-order valence-corrected chi connectivity index (χ2v) is 12.2. The van der Waals surface area contributed by atoms with E-state index in [2.05, 4.69) is 10.6 Å². The number of aromatic nitrogens is 2. The van der Waals surface area contributed by atoms with Gasteiger partial charge in [0.1, 0.15) is 0 Å². The highest BCUT2D eigenvalue weighted by Gasteiger charge is 2.20. The molecule has 2 aromatic heterocycles. The van der Waals surface area contributed by atoms with E-state index in [0.29, 0.717) is 55.7 Å². The molecule has 0 unspecified atom stereocenters. The summed E-state index contributed by atoms with van der Waals surface area (Å²) in [6.45, 7) is 8.13. The van der Waals surface area contributed by atoms with Gasteiger partial charge < -0.3 is 10.6 Å². The minimum absolute atomic E-state index is 0.266. The molecule has 7 rings (SSSR count). The number of aryl methyl sites for hydroxylation is 4. The number of carbonyl (C=O) groups excluding carboxylic acids is 2. The summed E-state index contributed by atoms with van der Waals surface area (Å²) in [4.78, 5) is 38.2. The topological polar surface area (TPSA) is 84.0 Å². The van der Waals surface area contributed by atoms with Crippen molar-refractivity contribution >= 4 is 45.0 Å². The number of rotatable bonds is 6. The molecule has 5 aromatic carbocycles. The summed E-state index contributed by atoms with van der Waals surface area (Å²) in [7, 11) is 0. The van der Waals surface area contributed by atoms with E-state index in [0.717, 1.165) is 33.4 Å². The van der Waals surface area contributed by atoms with Crippen LogP contribution in [-0.2, 0) is 0 Å². The maximum Gasteiger partial charge on any atom is 0.256 e. The maximum atomic E-state index is 14.1. The Hall–Kier alpha value is -6.14. The highest BCUT2D eigenvalue weighted by Crippen LogP contribution is 2.33. The maximum absolute atomic E-state index is 14.1. The van der Waals surface area contributed by atoms with Crippen LogP contribution in [0.1, 0.15) is 43.0 Å². The SMILES string of the molecule is Cc1ccc(NC(=O)c2cc(-c3ccccc3)nc3cc4nc(-c5ccccc5)cc(C(=O)Nc5ccc(C)c(C)c5)c4cc23)cc1C. The zero-order chi connectivity index (χ0) is 33.4. The quantitative estimate of drug-likeness (QED) is 0.180. The molecule has 0 spiro atoms. The summed E-state index contributed by atoms with van der Waals surface area (Å²) in [5.41, 5.74) is 11.1. The van der Waals surface area contributed by atoms with Gasteiger partial charge in [-0.05, 0) is 98.5 Å². The lowest BCUT2D eigenvalue weighted by Crippen LogP contribution is -2.14. The number of benzene rings is 5. The van der Waals surface area contributed by atoms with E-state index in [4.69, 9.17) is 9.97 Å². The van der Waals surface area contributed by atoms with Crippen LogP contribution in [0.2, 0.25) is 0 Å².